The number of hydrogen-bond donors (Lipinski definition) is 3. The van der Waals surface area contributed by atoms with Gasteiger partial charge in [0.25, 0.3) is 0 Å². The molecule has 0 heterocycles. The van der Waals surface area contributed by atoms with Crippen LogP contribution in [0.15, 0.2) is 83.1 Å². The van der Waals surface area contributed by atoms with Gasteiger partial charge in [-0.1, -0.05) is 90.9 Å². The third-order valence-corrected chi connectivity index (χ3v) is 27.4. The maximum absolute atomic E-state index is 13.3. The lowest BCUT2D eigenvalue weighted by Gasteiger charge is -2.42. The predicted molar refractivity (Wildman–Crippen MR) is 255 cm³/mol. The normalized spacial score (nSPS) is 26.0. The molecule has 3 N–H and O–H groups in total. The molecule has 14 heteroatoms. The van der Waals surface area contributed by atoms with Gasteiger partial charge in [0.05, 0.1) is 52.8 Å². The molecular formula is C48H80O10S2Si2. The van der Waals surface area contributed by atoms with Crippen molar-refractivity contribution in [1.82, 2.24) is 0 Å². The van der Waals surface area contributed by atoms with E-state index in [1.54, 1.807) is 60.7 Å². The molecule has 2 aromatic carbocycles. The zero-order chi connectivity index (χ0) is 46.9. The number of carbonyl (C=O) groups is 1. The molecule has 10 nitrogen and oxygen atoms in total. The van der Waals surface area contributed by atoms with Crippen LogP contribution in [-0.2, 0) is 33.3 Å². The number of benzene rings is 2. The van der Waals surface area contributed by atoms with Gasteiger partial charge in [-0.15, -0.1) is 6.58 Å². The Morgan fingerprint density at radius 3 is 1.66 bits per heavy atom. The first-order chi connectivity index (χ1) is 28.6. The second-order valence-electron chi connectivity index (χ2n) is 21.2. The zero-order valence-corrected chi connectivity index (χ0v) is 43.1. The average Bonchev–Trinajstić information content (AvgIpc) is 3.62. The van der Waals surface area contributed by atoms with Gasteiger partial charge in [0.15, 0.2) is 36.3 Å². The standard InChI is InChI=1S/C30H54O5SSi2.C18H26O5S/c1-23-25(19-24(17-18-31)28(23)22-36(32,33)27-15-13-12-14-16-27)20-26(35-38(10,11)30(5,6)7)21-34-37(8,9)29(2,3)4;1-2-6-13-9-14(10-15(20)11-19)18(21)17(13)12-24(22,23)16-7-4-3-5-8-16/h12-16,18,23-26,28H,17,19-22H2,1-11H3;2-5,7-8,13-15,17-21H,1,6,9-12H2/t23-,24+,25+,26-,28+;13-,14-,15+,17+,18+/m01/s1. The second kappa shape index (κ2) is 22.5. The third kappa shape index (κ3) is 14.7. The summed E-state index contributed by atoms with van der Waals surface area (Å²) in [6.07, 6.45) is 4.57. The van der Waals surface area contributed by atoms with E-state index in [1.807, 2.05) is 6.07 Å². The number of carbonyl (C=O) groups excluding carboxylic acids is 1. The van der Waals surface area contributed by atoms with Crippen LogP contribution in [0.3, 0.4) is 0 Å². The lowest BCUT2D eigenvalue weighted by molar-refractivity contribution is -0.108. The van der Waals surface area contributed by atoms with Crippen LogP contribution in [0.4, 0.5) is 0 Å². The Balaban J connectivity index is 0.000000365. The van der Waals surface area contributed by atoms with Crippen LogP contribution in [0.25, 0.3) is 0 Å². The van der Waals surface area contributed by atoms with E-state index in [2.05, 4.69) is 81.2 Å². The van der Waals surface area contributed by atoms with Crippen LogP contribution in [0.2, 0.25) is 36.3 Å². The predicted octanol–water partition coefficient (Wildman–Crippen LogP) is 9.13. The van der Waals surface area contributed by atoms with E-state index in [1.165, 1.54) is 0 Å². The number of allylic oxidation sites excluding steroid dienone is 1. The van der Waals surface area contributed by atoms with Crippen LogP contribution in [-0.4, -0.2) is 98.1 Å². The van der Waals surface area contributed by atoms with Gasteiger partial charge in [-0.05, 0) is 128 Å². The number of aldehydes is 1. The zero-order valence-electron chi connectivity index (χ0n) is 39.5. The maximum atomic E-state index is 13.3. The summed E-state index contributed by atoms with van der Waals surface area (Å²) in [6, 6.07) is 16.9. The topological polar surface area (TPSA) is 164 Å². The molecule has 0 unspecified atom stereocenters. The van der Waals surface area contributed by atoms with Gasteiger partial charge in [-0.2, -0.15) is 0 Å². The highest BCUT2D eigenvalue weighted by atomic mass is 32.2. The summed E-state index contributed by atoms with van der Waals surface area (Å²) in [4.78, 5) is 12.2. The van der Waals surface area contributed by atoms with Crippen molar-refractivity contribution in [2.45, 2.75) is 151 Å². The molecule has 4 rings (SSSR count). The van der Waals surface area contributed by atoms with Crippen molar-refractivity contribution in [3.8, 4) is 0 Å². The summed E-state index contributed by atoms with van der Waals surface area (Å²) in [6.45, 7) is 28.8. The molecule has 0 amide bonds. The SMILES string of the molecule is C=CC[C@@H]1C[C@H](C[C@H](O)CO)[C@H](O)[C@H]1CS(=O)(=O)c1ccccc1.C[C@H]1[C@@H](C[C@@H](CO[Si](C)(C)C(C)(C)C)O[Si](C)(C)C(C)(C)C)C[C@@H](CC=O)[C@@H]1CS(=O)(=O)c1ccccc1. The summed E-state index contributed by atoms with van der Waals surface area (Å²) in [5.74, 6) is -0.162. The van der Waals surface area contributed by atoms with Crippen molar-refractivity contribution in [3.63, 3.8) is 0 Å². The smallest absolute Gasteiger partial charge is 0.192 e. The van der Waals surface area contributed by atoms with Gasteiger partial charge in [-0.3, -0.25) is 0 Å². The van der Waals surface area contributed by atoms with Crippen molar-refractivity contribution in [1.29, 1.82) is 0 Å². The molecule has 2 aliphatic carbocycles. The van der Waals surface area contributed by atoms with Gasteiger partial charge in [-0.25, -0.2) is 16.8 Å². The molecule has 62 heavy (non-hydrogen) atoms. The molecule has 2 aromatic rings. The third-order valence-electron chi connectivity index (χ3n) is 14.7. The molecule has 0 aromatic heterocycles. The minimum absolute atomic E-state index is 0.00637. The molecule has 2 saturated carbocycles. The van der Waals surface area contributed by atoms with Gasteiger partial charge in [0.1, 0.15) is 6.29 Å². The minimum Gasteiger partial charge on any atom is -0.414 e. The lowest BCUT2D eigenvalue weighted by atomic mass is 9.87. The van der Waals surface area contributed by atoms with E-state index in [4.69, 9.17) is 14.0 Å². The average molecular weight is 937 g/mol. The van der Waals surface area contributed by atoms with E-state index in [0.717, 1.165) is 19.1 Å². The maximum Gasteiger partial charge on any atom is 0.192 e. The molecule has 0 saturated heterocycles. The van der Waals surface area contributed by atoms with Gasteiger partial charge < -0.3 is 29.0 Å². The molecule has 0 aliphatic heterocycles. The van der Waals surface area contributed by atoms with Gasteiger partial charge >= 0.3 is 0 Å². The number of sulfone groups is 2. The Hall–Kier alpha value is -2.02. The quantitative estimate of drug-likeness (QED) is 0.0663. The largest absolute Gasteiger partial charge is 0.414 e. The Labute approximate surface area is 377 Å². The van der Waals surface area contributed by atoms with E-state index in [0.29, 0.717) is 30.8 Å². The van der Waals surface area contributed by atoms with Crippen molar-refractivity contribution < 1.29 is 45.8 Å². The number of rotatable bonds is 20. The van der Waals surface area contributed by atoms with Crippen molar-refractivity contribution in [2.75, 3.05) is 24.7 Å². The Morgan fingerprint density at radius 2 is 1.21 bits per heavy atom. The summed E-state index contributed by atoms with van der Waals surface area (Å²) in [5.41, 5.74) is 0. The minimum atomic E-state index is -3.49. The van der Waals surface area contributed by atoms with E-state index < -0.39 is 54.4 Å². The number of hydrogen-bond acceptors (Lipinski definition) is 10. The molecule has 0 spiro atoms. The lowest BCUT2D eigenvalue weighted by Crippen LogP contribution is -2.48. The molecule has 10 atom stereocenters. The van der Waals surface area contributed by atoms with E-state index in [-0.39, 0.29) is 81.1 Å². The highest BCUT2D eigenvalue weighted by Crippen LogP contribution is 2.48. The van der Waals surface area contributed by atoms with Crippen molar-refractivity contribution >= 4 is 42.6 Å². The fourth-order valence-corrected chi connectivity index (χ4v) is 14.8. The summed E-state index contributed by atoms with van der Waals surface area (Å²) < 4.78 is 65.5. The first-order valence-electron chi connectivity index (χ1n) is 22.5. The van der Waals surface area contributed by atoms with Crippen molar-refractivity contribution in [2.24, 2.45) is 41.4 Å². The van der Waals surface area contributed by atoms with Crippen LogP contribution >= 0.6 is 0 Å². The molecular weight excluding hydrogens is 857 g/mol. The fourth-order valence-electron chi connectivity index (χ4n) is 8.82. The Bertz CT molecular complexity index is 1910. The Morgan fingerprint density at radius 1 is 0.742 bits per heavy atom. The van der Waals surface area contributed by atoms with Crippen molar-refractivity contribution in [3.05, 3.63) is 73.3 Å². The summed E-state index contributed by atoms with van der Waals surface area (Å²) in [5, 5.41) is 29.5. The molecule has 2 fully saturated rings. The molecule has 0 radical (unpaired) electrons. The number of aliphatic hydroxyl groups excluding tert-OH is 3. The first-order valence-corrected chi connectivity index (χ1v) is 31.6. The summed E-state index contributed by atoms with van der Waals surface area (Å²) >= 11 is 0. The molecule has 0 bridgehead atoms. The highest BCUT2D eigenvalue weighted by Gasteiger charge is 2.47. The van der Waals surface area contributed by atoms with Crippen LogP contribution in [0.5, 0.6) is 0 Å². The van der Waals surface area contributed by atoms with Gasteiger partial charge in [0, 0.05) is 12.3 Å². The Kier molecular flexibility index (Phi) is 19.7. The fraction of sp³-hybridized carbons (Fsp3) is 0.688. The molecule has 352 valence electrons. The second-order valence-corrected chi connectivity index (χ2v) is 34.8. The van der Waals surface area contributed by atoms with Crippen LogP contribution in [0, 0.1) is 41.4 Å². The number of aliphatic hydroxyl groups is 3. The van der Waals surface area contributed by atoms with Crippen LogP contribution in [0.1, 0.15) is 87.0 Å². The van der Waals surface area contributed by atoms with Crippen LogP contribution < -0.4 is 0 Å². The molecule has 2 aliphatic rings. The first kappa shape index (κ1) is 54.3. The van der Waals surface area contributed by atoms with Gasteiger partial charge in [0.2, 0.25) is 0 Å². The highest BCUT2D eigenvalue weighted by molar-refractivity contribution is 7.91. The summed E-state index contributed by atoms with van der Waals surface area (Å²) in [7, 11) is -10.9. The van der Waals surface area contributed by atoms with E-state index >= 15 is 0 Å². The monoisotopic (exact) mass is 936 g/mol. The van der Waals surface area contributed by atoms with E-state index in [9.17, 15) is 31.8 Å².